The summed E-state index contributed by atoms with van der Waals surface area (Å²) in [5.74, 6) is -0.174. The monoisotopic (exact) mass is 272 g/mol. The fraction of sp³-hybridized carbons (Fsp3) is 0.500. The molecule has 0 aromatic heterocycles. The third-order valence-corrected chi connectivity index (χ3v) is 3.85. The van der Waals surface area contributed by atoms with Crippen LogP contribution in [0.3, 0.4) is 0 Å². The number of benzene rings is 1. The summed E-state index contributed by atoms with van der Waals surface area (Å²) in [5, 5.41) is 0. The van der Waals surface area contributed by atoms with Crippen molar-refractivity contribution in [2.45, 2.75) is 46.0 Å². The molecule has 2 heteroatoms. The predicted octanol–water partition coefficient (Wildman–Crippen LogP) is 4.34. The third-order valence-electron chi connectivity index (χ3n) is 3.85. The summed E-state index contributed by atoms with van der Waals surface area (Å²) in [7, 11) is 0. The summed E-state index contributed by atoms with van der Waals surface area (Å²) < 4.78 is 5.18. The first-order chi connectivity index (χ1) is 9.43. The van der Waals surface area contributed by atoms with E-state index in [0.29, 0.717) is 6.61 Å². The highest BCUT2D eigenvalue weighted by molar-refractivity contribution is 5.89. The Hall–Kier alpha value is -1.57. The number of rotatable bonds is 3. The minimum atomic E-state index is -0.0876. The quantitative estimate of drug-likeness (QED) is 0.765. The Balaban J connectivity index is 2.21. The Bertz CT molecular complexity index is 503. The first-order valence-electron chi connectivity index (χ1n) is 7.41. The second-order valence-corrected chi connectivity index (χ2v) is 6.37. The van der Waals surface area contributed by atoms with Gasteiger partial charge in [-0.2, -0.15) is 0 Å². The Morgan fingerprint density at radius 3 is 2.45 bits per heavy atom. The topological polar surface area (TPSA) is 26.3 Å². The molecule has 0 fully saturated rings. The van der Waals surface area contributed by atoms with Crippen LogP contribution in [0.4, 0.5) is 0 Å². The second-order valence-electron chi connectivity index (χ2n) is 6.37. The second kappa shape index (κ2) is 5.82. The summed E-state index contributed by atoms with van der Waals surface area (Å²) in [6.07, 6.45) is 4.00. The molecule has 1 aliphatic carbocycles. The van der Waals surface area contributed by atoms with Crippen molar-refractivity contribution in [2.24, 2.45) is 5.92 Å². The van der Waals surface area contributed by atoms with Crippen LogP contribution < -0.4 is 0 Å². The maximum absolute atomic E-state index is 12.0. The molecule has 0 radical (unpaired) electrons. The predicted molar refractivity (Wildman–Crippen MR) is 82.5 cm³/mol. The highest BCUT2D eigenvalue weighted by atomic mass is 16.5. The van der Waals surface area contributed by atoms with Crippen LogP contribution >= 0.6 is 0 Å². The minimum absolute atomic E-state index is 0.0869. The van der Waals surface area contributed by atoms with E-state index in [1.54, 1.807) is 0 Å². The van der Waals surface area contributed by atoms with Crippen LogP contribution in [0.2, 0.25) is 0 Å². The molecule has 0 bridgehead atoms. The van der Waals surface area contributed by atoms with E-state index < -0.39 is 0 Å². The van der Waals surface area contributed by atoms with Crippen molar-refractivity contribution in [1.29, 1.82) is 0 Å². The Morgan fingerprint density at radius 2 is 1.90 bits per heavy atom. The van der Waals surface area contributed by atoms with E-state index in [-0.39, 0.29) is 17.3 Å². The largest absolute Gasteiger partial charge is 0.466 e. The lowest BCUT2D eigenvalue weighted by Gasteiger charge is -2.20. The number of ether oxygens (including phenoxy) is 1. The van der Waals surface area contributed by atoms with Gasteiger partial charge in [-0.15, -0.1) is 0 Å². The molecule has 2 rings (SSSR count). The molecule has 1 aliphatic rings. The van der Waals surface area contributed by atoms with Gasteiger partial charge >= 0.3 is 5.97 Å². The Morgan fingerprint density at radius 1 is 1.25 bits per heavy atom. The Labute approximate surface area is 121 Å². The zero-order chi connectivity index (χ0) is 14.8. The SMILES string of the molecule is CCOC(=O)C1CCC=C1c1ccc(C(C)(C)C)cc1. The van der Waals surface area contributed by atoms with E-state index in [0.717, 1.165) is 24.0 Å². The first-order valence-corrected chi connectivity index (χ1v) is 7.41. The lowest BCUT2D eigenvalue weighted by molar-refractivity contribution is -0.145. The molecular formula is C18H24O2. The Kier molecular flexibility index (Phi) is 4.32. The van der Waals surface area contributed by atoms with Crippen molar-refractivity contribution < 1.29 is 9.53 Å². The van der Waals surface area contributed by atoms with E-state index in [4.69, 9.17) is 4.74 Å². The van der Waals surface area contributed by atoms with E-state index in [2.05, 4.69) is 51.1 Å². The number of hydrogen-bond acceptors (Lipinski definition) is 2. The van der Waals surface area contributed by atoms with Crippen molar-refractivity contribution in [2.75, 3.05) is 6.61 Å². The molecule has 20 heavy (non-hydrogen) atoms. The van der Waals surface area contributed by atoms with Gasteiger partial charge in [0.25, 0.3) is 0 Å². The highest BCUT2D eigenvalue weighted by Crippen LogP contribution is 2.35. The van der Waals surface area contributed by atoms with Crippen LogP contribution in [0.1, 0.15) is 51.7 Å². The first kappa shape index (κ1) is 14.8. The number of hydrogen-bond donors (Lipinski definition) is 0. The van der Waals surface area contributed by atoms with Crippen LogP contribution in [0.15, 0.2) is 30.3 Å². The van der Waals surface area contributed by atoms with Gasteiger partial charge in [-0.05, 0) is 41.9 Å². The zero-order valence-corrected chi connectivity index (χ0v) is 12.9. The zero-order valence-electron chi connectivity index (χ0n) is 12.9. The van der Waals surface area contributed by atoms with Gasteiger partial charge in [-0.1, -0.05) is 51.1 Å². The number of allylic oxidation sites excluding steroid dienone is 1. The average Bonchev–Trinajstić information content (AvgIpc) is 2.87. The molecule has 1 aromatic carbocycles. The molecule has 108 valence electrons. The minimum Gasteiger partial charge on any atom is -0.466 e. The molecule has 0 aliphatic heterocycles. The van der Waals surface area contributed by atoms with Crippen LogP contribution in [-0.2, 0) is 14.9 Å². The lowest BCUT2D eigenvalue weighted by Crippen LogP contribution is -2.17. The van der Waals surface area contributed by atoms with Crippen molar-refractivity contribution in [3.63, 3.8) is 0 Å². The van der Waals surface area contributed by atoms with Gasteiger partial charge in [0.1, 0.15) is 0 Å². The summed E-state index contributed by atoms with van der Waals surface area (Å²) >= 11 is 0. The van der Waals surface area contributed by atoms with Crippen molar-refractivity contribution >= 4 is 11.5 Å². The van der Waals surface area contributed by atoms with Crippen LogP contribution in [0, 0.1) is 5.92 Å². The standard InChI is InChI=1S/C18H24O2/c1-5-20-17(19)16-8-6-7-15(16)13-9-11-14(12-10-13)18(2,3)4/h7,9-12,16H,5-6,8H2,1-4H3. The third kappa shape index (κ3) is 3.12. The van der Waals surface area contributed by atoms with Crippen molar-refractivity contribution in [3.05, 3.63) is 41.5 Å². The molecule has 0 N–H and O–H groups in total. The lowest BCUT2D eigenvalue weighted by atomic mass is 9.85. The van der Waals surface area contributed by atoms with Crippen LogP contribution in [-0.4, -0.2) is 12.6 Å². The summed E-state index contributed by atoms with van der Waals surface area (Å²) in [6, 6.07) is 8.58. The van der Waals surface area contributed by atoms with Gasteiger partial charge in [0.05, 0.1) is 12.5 Å². The smallest absolute Gasteiger partial charge is 0.313 e. The van der Waals surface area contributed by atoms with E-state index >= 15 is 0 Å². The van der Waals surface area contributed by atoms with Crippen LogP contribution in [0.25, 0.3) is 5.57 Å². The maximum Gasteiger partial charge on any atom is 0.313 e. The normalized spacial score (nSPS) is 18.8. The van der Waals surface area contributed by atoms with Gasteiger partial charge in [-0.25, -0.2) is 0 Å². The molecule has 1 atom stereocenters. The molecule has 2 nitrogen and oxygen atoms in total. The van der Waals surface area contributed by atoms with Gasteiger partial charge in [-0.3, -0.25) is 4.79 Å². The fourth-order valence-electron chi connectivity index (χ4n) is 2.67. The van der Waals surface area contributed by atoms with E-state index in [9.17, 15) is 4.79 Å². The molecule has 0 saturated heterocycles. The number of carbonyl (C=O) groups excluding carboxylic acids is 1. The molecule has 0 heterocycles. The maximum atomic E-state index is 12.0. The van der Waals surface area contributed by atoms with E-state index in [1.165, 1.54) is 5.56 Å². The average molecular weight is 272 g/mol. The van der Waals surface area contributed by atoms with Gasteiger partial charge < -0.3 is 4.74 Å². The molecular weight excluding hydrogens is 248 g/mol. The van der Waals surface area contributed by atoms with Gasteiger partial charge in [0, 0.05) is 0 Å². The van der Waals surface area contributed by atoms with Gasteiger partial charge in [0.2, 0.25) is 0 Å². The number of esters is 1. The molecule has 1 unspecified atom stereocenters. The summed E-state index contributed by atoms with van der Waals surface area (Å²) in [6.45, 7) is 8.93. The van der Waals surface area contributed by atoms with Crippen molar-refractivity contribution in [1.82, 2.24) is 0 Å². The summed E-state index contributed by atoms with van der Waals surface area (Å²) in [4.78, 5) is 12.0. The van der Waals surface area contributed by atoms with Crippen molar-refractivity contribution in [3.8, 4) is 0 Å². The molecule has 0 spiro atoms. The fourth-order valence-corrected chi connectivity index (χ4v) is 2.67. The highest BCUT2D eigenvalue weighted by Gasteiger charge is 2.28. The molecule has 1 aromatic rings. The van der Waals surface area contributed by atoms with Gasteiger partial charge in [0.15, 0.2) is 0 Å². The van der Waals surface area contributed by atoms with E-state index in [1.807, 2.05) is 6.92 Å². The molecule has 0 saturated carbocycles. The number of carbonyl (C=O) groups is 1. The van der Waals surface area contributed by atoms with Crippen LogP contribution in [0.5, 0.6) is 0 Å². The molecule has 0 amide bonds. The summed E-state index contributed by atoms with van der Waals surface area (Å²) in [5.41, 5.74) is 3.74.